The summed E-state index contributed by atoms with van der Waals surface area (Å²) in [6, 6.07) is 12.9. The van der Waals surface area contributed by atoms with E-state index >= 15 is 0 Å². The molecule has 1 fully saturated rings. The molecular formula is C19H17ClN4O2. The highest BCUT2D eigenvalue weighted by Gasteiger charge is 2.20. The molecular weight excluding hydrogens is 352 g/mol. The molecule has 6 nitrogen and oxygen atoms in total. The summed E-state index contributed by atoms with van der Waals surface area (Å²) in [5.74, 6) is -0.319. The van der Waals surface area contributed by atoms with Gasteiger partial charge in [-0.1, -0.05) is 29.8 Å². The fraction of sp³-hybridized carbons (Fsp3) is 0.211. The van der Waals surface area contributed by atoms with Crippen LogP contribution in [0.4, 0.5) is 11.4 Å². The molecule has 0 saturated carbocycles. The molecule has 1 N–H and O–H groups in total. The Balaban J connectivity index is 1.63. The second-order valence-electron chi connectivity index (χ2n) is 5.93. The van der Waals surface area contributed by atoms with Crippen LogP contribution in [0.3, 0.4) is 0 Å². The van der Waals surface area contributed by atoms with Gasteiger partial charge in [0.05, 0.1) is 46.8 Å². The van der Waals surface area contributed by atoms with E-state index in [1.54, 1.807) is 0 Å². The van der Waals surface area contributed by atoms with Gasteiger partial charge in [0.1, 0.15) is 5.69 Å². The number of hydrogen-bond acceptors (Lipinski definition) is 5. The van der Waals surface area contributed by atoms with Gasteiger partial charge in [-0.15, -0.1) is 0 Å². The Morgan fingerprint density at radius 2 is 1.85 bits per heavy atom. The number of carbonyl (C=O) groups is 1. The molecule has 0 bridgehead atoms. The van der Waals surface area contributed by atoms with E-state index in [0.717, 1.165) is 24.3 Å². The highest BCUT2D eigenvalue weighted by Crippen LogP contribution is 2.34. The van der Waals surface area contributed by atoms with E-state index in [1.807, 2.05) is 42.5 Å². The zero-order valence-electron chi connectivity index (χ0n) is 14.0. The van der Waals surface area contributed by atoms with Crippen molar-refractivity contribution in [2.45, 2.75) is 0 Å². The van der Waals surface area contributed by atoms with E-state index in [2.05, 4.69) is 20.2 Å². The molecule has 2 heterocycles. The zero-order valence-corrected chi connectivity index (χ0v) is 14.7. The van der Waals surface area contributed by atoms with Crippen molar-refractivity contribution in [1.29, 1.82) is 0 Å². The van der Waals surface area contributed by atoms with E-state index in [-0.39, 0.29) is 11.6 Å². The van der Waals surface area contributed by atoms with E-state index in [9.17, 15) is 4.79 Å². The van der Waals surface area contributed by atoms with Crippen molar-refractivity contribution in [2.24, 2.45) is 0 Å². The molecule has 0 atom stereocenters. The topological polar surface area (TPSA) is 67.4 Å². The molecule has 7 heteroatoms. The number of carbonyl (C=O) groups excluding carboxylic acids is 1. The van der Waals surface area contributed by atoms with Crippen molar-refractivity contribution in [1.82, 2.24) is 9.97 Å². The van der Waals surface area contributed by atoms with Gasteiger partial charge in [0.15, 0.2) is 0 Å². The normalized spacial score (nSPS) is 14.4. The van der Waals surface area contributed by atoms with Crippen LogP contribution in [0, 0.1) is 0 Å². The van der Waals surface area contributed by atoms with Crippen LogP contribution in [0.2, 0.25) is 5.02 Å². The lowest BCUT2D eigenvalue weighted by Gasteiger charge is -2.31. The Kier molecular flexibility index (Phi) is 4.69. The number of rotatable bonds is 3. The maximum Gasteiger partial charge on any atom is 0.275 e. The largest absolute Gasteiger partial charge is 0.378 e. The van der Waals surface area contributed by atoms with Gasteiger partial charge in [-0.2, -0.15) is 0 Å². The van der Waals surface area contributed by atoms with Crippen molar-refractivity contribution in [2.75, 3.05) is 36.5 Å². The lowest BCUT2D eigenvalue weighted by molar-refractivity contribution is 0.102. The Bertz CT molecular complexity index is 957. The first kappa shape index (κ1) is 16.8. The number of ether oxygens (including phenoxy) is 1. The van der Waals surface area contributed by atoms with Crippen LogP contribution >= 0.6 is 11.6 Å². The van der Waals surface area contributed by atoms with Crippen molar-refractivity contribution >= 4 is 39.9 Å². The van der Waals surface area contributed by atoms with Crippen molar-refractivity contribution in [3.8, 4) is 0 Å². The molecule has 0 spiro atoms. The molecule has 2 aromatic carbocycles. The minimum atomic E-state index is -0.319. The molecule has 1 aliphatic rings. The molecule has 0 unspecified atom stereocenters. The Labute approximate surface area is 155 Å². The predicted molar refractivity (Wildman–Crippen MR) is 102 cm³/mol. The Morgan fingerprint density at radius 1 is 1.08 bits per heavy atom. The van der Waals surface area contributed by atoms with Gasteiger partial charge >= 0.3 is 0 Å². The van der Waals surface area contributed by atoms with E-state index in [1.165, 1.54) is 6.20 Å². The number of hydrogen-bond donors (Lipinski definition) is 1. The van der Waals surface area contributed by atoms with Crippen LogP contribution in [0.15, 0.2) is 48.7 Å². The maximum absolute atomic E-state index is 12.7. The van der Waals surface area contributed by atoms with Crippen molar-refractivity contribution in [3.63, 3.8) is 0 Å². The smallest absolute Gasteiger partial charge is 0.275 e. The van der Waals surface area contributed by atoms with Crippen LogP contribution in [0.1, 0.15) is 10.5 Å². The van der Waals surface area contributed by atoms with Gasteiger partial charge < -0.3 is 15.0 Å². The number of amides is 1. The highest BCUT2D eigenvalue weighted by atomic mass is 35.5. The van der Waals surface area contributed by atoms with E-state index in [0.29, 0.717) is 29.4 Å². The first-order valence-corrected chi connectivity index (χ1v) is 8.74. The first-order valence-electron chi connectivity index (χ1n) is 8.37. The number of benzene rings is 2. The Hall–Kier alpha value is -2.70. The minimum absolute atomic E-state index is 0.261. The summed E-state index contributed by atoms with van der Waals surface area (Å²) in [7, 11) is 0. The van der Waals surface area contributed by atoms with Crippen LogP contribution in [0.25, 0.3) is 11.0 Å². The van der Waals surface area contributed by atoms with Crippen molar-refractivity contribution in [3.05, 3.63) is 59.4 Å². The quantitative estimate of drug-likeness (QED) is 0.767. The van der Waals surface area contributed by atoms with Gasteiger partial charge in [0.25, 0.3) is 5.91 Å². The number of nitrogens with one attached hydrogen (secondary N) is 1. The lowest BCUT2D eigenvalue weighted by atomic mass is 10.2. The van der Waals surface area contributed by atoms with Crippen LogP contribution in [-0.4, -0.2) is 42.2 Å². The first-order chi connectivity index (χ1) is 12.7. The SMILES string of the molecule is O=C(Nc1cccc(Cl)c1N1CCOCC1)c1cnc2ccccc2n1. The molecule has 1 amide bonds. The number of anilines is 2. The molecule has 4 rings (SSSR count). The zero-order chi connectivity index (χ0) is 17.9. The second kappa shape index (κ2) is 7.27. The molecule has 132 valence electrons. The second-order valence-corrected chi connectivity index (χ2v) is 6.34. The van der Waals surface area contributed by atoms with Crippen LogP contribution in [-0.2, 0) is 4.74 Å². The molecule has 1 aromatic heterocycles. The predicted octanol–water partition coefficient (Wildman–Crippen LogP) is 3.37. The molecule has 26 heavy (non-hydrogen) atoms. The summed E-state index contributed by atoms with van der Waals surface area (Å²) in [6.07, 6.45) is 1.48. The average molecular weight is 369 g/mol. The number of fused-ring (bicyclic) bond motifs is 1. The number of para-hydroxylation sites is 3. The molecule has 1 aliphatic heterocycles. The number of nitrogens with zero attached hydrogens (tertiary/aromatic N) is 3. The van der Waals surface area contributed by atoms with E-state index < -0.39 is 0 Å². The maximum atomic E-state index is 12.7. The molecule has 1 saturated heterocycles. The third-order valence-corrected chi connectivity index (χ3v) is 4.55. The monoisotopic (exact) mass is 368 g/mol. The van der Waals surface area contributed by atoms with E-state index in [4.69, 9.17) is 16.3 Å². The fourth-order valence-electron chi connectivity index (χ4n) is 2.98. The van der Waals surface area contributed by atoms with Crippen LogP contribution < -0.4 is 10.2 Å². The third-order valence-electron chi connectivity index (χ3n) is 4.24. The summed E-state index contributed by atoms with van der Waals surface area (Å²) >= 11 is 6.41. The van der Waals surface area contributed by atoms with Gasteiger partial charge in [-0.05, 0) is 24.3 Å². The number of morpholine rings is 1. The standard InChI is InChI=1S/C19H17ClN4O2/c20-13-4-3-7-16(18(13)24-8-10-26-11-9-24)23-19(25)17-12-21-14-5-1-2-6-15(14)22-17/h1-7,12H,8-11H2,(H,23,25). The van der Waals surface area contributed by atoms with Gasteiger partial charge in [0, 0.05) is 13.1 Å². The van der Waals surface area contributed by atoms with Crippen molar-refractivity contribution < 1.29 is 9.53 Å². The summed E-state index contributed by atoms with van der Waals surface area (Å²) in [5, 5.41) is 3.51. The fourth-order valence-corrected chi connectivity index (χ4v) is 3.27. The third kappa shape index (κ3) is 3.34. The van der Waals surface area contributed by atoms with Gasteiger partial charge in [-0.3, -0.25) is 9.78 Å². The average Bonchev–Trinajstić information content (AvgIpc) is 2.68. The number of aromatic nitrogens is 2. The van der Waals surface area contributed by atoms with Gasteiger partial charge in [-0.25, -0.2) is 4.98 Å². The summed E-state index contributed by atoms with van der Waals surface area (Å²) in [6.45, 7) is 2.72. The van der Waals surface area contributed by atoms with Crippen LogP contribution in [0.5, 0.6) is 0 Å². The molecule has 0 radical (unpaired) electrons. The minimum Gasteiger partial charge on any atom is -0.378 e. The highest BCUT2D eigenvalue weighted by molar-refractivity contribution is 6.34. The molecule has 0 aliphatic carbocycles. The summed E-state index contributed by atoms with van der Waals surface area (Å²) in [5.41, 5.74) is 3.15. The summed E-state index contributed by atoms with van der Waals surface area (Å²) in [4.78, 5) is 23.5. The summed E-state index contributed by atoms with van der Waals surface area (Å²) < 4.78 is 5.40. The Morgan fingerprint density at radius 3 is 2.65 bits per heavy atom. The molecule has 3 aromatic rings. The van der Waals surface area contributed by atoms with Gasteiger partial charge in [0.2, 0.25) is 0 Å². The lowest BCUT2D eigenvalue weighted by Crippen LogP contribution is -2.37. The number of halogens is 1.